The van der Waals surface area contributed by atoms with Crippen LogP contribution in [0.2, 0.25) is 0 Å². The minimum atomic E-state index is 0.495. The first-order valence-corrected chi connectivity index (χ1v) is 12.7. The van der Waals surface area contributed by atoms with Gasteiger partial charge in [0, 0.05) is 43.2 Å². The summed E-state index contributed by atoms with van der Waals surface area (Å²) >= 11 is 1.81. The maximum Gasteiger partial charge on any atom is 0.187 e. The summed E-state index contributed by atoms with van der Waals surface area (Å²) in [5, 5.41) is 0.940. The fourth-order valence-corrected chi connectivity index (χ4v) is 5.69. The lowest BCUT2D eigenvalue weighted by atomic mass is 9.93. The average molecular weight is 441 g/mol. The summed E-state index contributed by atoms with van der Waals surface area (Å²) < 4.78 is 5.48. The van der Waals surface area contributed by atoms with E-state index in [4.69, 9.17) is 9.72 Å². The molecule has 0 bridgehead atoms. The molecule has 0 N–H and O–H groups in total. The normalized spacial score (nSPS) is 20.3. The number of methoxy groups -OCH3 is 1. The van der Waals surface area contributed by atoms with Gasteiger partial charge in [-0.1, -0.05) is 17.8 Å². The molecule has 2 aromatic rings. The second kappa shape index (κ2) is 10.8. The molecule has 168 valence electrons. The number of benzene rings is 1. The van der Waals surface area contributed by atoms with Gasteiger partial charge in [0.25, 0.3) is 0 Å². The fraction of sp³-hybridized carbons (Fsp3) is 0.600. The van der Waals surface area contributed by atoms with Gasteiger partial charge in [-0.2, -0.15) is 0 Å². The molecular formula is C25H36N4OS. The van der Waals surface area contributed by atoms with Crippen LogP contribution in [0.1, 0.15) is 54.0 Å². The maximum atomic E-state index is 5.48. The van der Waals surface area contributed by atoms with E-state index < -0.39 is 0 Å². The lowest BCUT2D eigenvalue weighted by Gasteiger charge is -2.33. The minimum absolute atomic E-state index is 0.495. The van der Waals surface area contributed by atoms with Gasteiger partial charge in [-0.05, 0) is 88.0 Å². The summed E-state index contributed by atoms with van der Waals surface area (Å²) in [6.07, 6.45) is 7.09. The maximum absolute atomic E-state index is 5.48. The molecule has 0 amide bonds. The Morgan fingerprint density at radius 3 is 2.65 bits per heavy atom. The zero-order valence-electron chi connectivity index (χ0n) is 19.3. The van der Waals surface area contributed by atoms with Crippen LogP contribution in [-0.2, 0) is 6.54 Å². The summed E-state index contributed by atoms with van der Waals surface area (Å²) in [7, 11) is 1.75. The molecule has 0 radical (unpaired) electrons. The molecule has 4 rings (SSSR count). The Morgan fingerprint density at radius 2 is 1.84 bits per heavy atom. The number of hydrogen-bond acceptors (Lipinski definition) is 6. The Bertz CT molecular complexity index is 869. The third-order valence-corrected chi connectivity index (χ3v) is 7.72. The van der Waals surface area contributed by atoms with E-state index in [0.717, 1.165) is 42.8 Å². The van der Waals surface area contributed by atoms with E-state index >= 15 is 0 Å². The molecule has 0 saturated carbocycles. The van der Waals surface area contributed by atoms with Crippen LogP contribution < -0.4 is 4.74 Å². The van der Waals surface area contributed by atoms with Crippen molar-refractivity contribution in [2.24, 2.45) is 0 Å². The molecule has 1 aromatic heterocycles. The van der Waals surface area contributed by atoms with Crippen LogP contribution in [0.3, 0.4) is 0 Å². The lowest BCUT2D eigenvalue weighted by Crippen LogP contribution is -2.34. The summed E-state index contributed by atoms with van der Waals surface area (Å²) in [4.78, 5) is 14.6. The predicted molar refractivity (Wildman–Crippen MR) is 128 cm³/mol. The van der Waals surface area contributed by atoms with Crippen molar-refractivity contribution in [1.29, 1.82) is 0 Å². The van der Waals surface area contributed by atoms with E-state index in [0.29, 0.717) is 5.92 Å². The molecule has 1 unspecified atom stereocenters. The third-order valence-electron chi connectivity index (χ3n) is 6.88. The Hall–Kier alpha value is -1.63. The van der Waals surface area contributed by atoms with Gasteiger partial charge in [-0.25, -0.2) is 9.97 Å². The smallest absolute Gasteiger partial charge is 0.187 e. The standard InChI is InChI=1S/C25H36N4OS/c1-19-20(2)24(30-3)9-8-21(19)17-29-14-6-7-22(18-29)23-10-11-26-25(27-23)31-16-15-28-12-4-5-13-28/h8-11,22H,4-7,12-18H2,1-3H3. The van der Waals surface area contributed by atoms with Crippen LogP contribution in [0.25, 0.3) is 0 Å². The van der Waals surface area contributed by atoms with Crippen LogP contribution >= 0.6 is 11.8 Å². The summed E-state index contributed by atoms with van der Waals surface area (Å²) in [5.41, 5.74) is 5.21. The van der Waals surface area contributed by atoms with E-state index in [1.165, 1.54) is 61.2 Å². The molecule has 2 aliphatic rings. The highest BCUT2D eigenvalue weighted by atomic mass is 32.2. The molecule has 0 aliphatic carbocycles. The highest BCUT2D eigenvalue weighted by Crippen LogP contribution is 2.30. The number of likely N-dealkylation sites (tertiary alicyclic amines) is 2. The first-order valence-electron chi connectivity index (χ1n) is 11.7. The highest BCUT2D eigenvalue weighted by Gasteiger charge is 2.23. The zero-order chi connectivity index (χ0) is 21.6. The molecule has 2 aliphatic heterocycles. The predicted octanol–water partition coefficient (Wildman–Crippen LogP) is 4.67. The molecular weight excluding hydrogens is 404 g/mol. The van der Waals surface area contributed by atoms with Crippen LogP contribution in [0.15, 0.2) is 29.6 Å². The Labute approximate surface area is 191 Å². The second-order valence-corrected chi connectivity index (χ2v) is 9.97. The van der Waals surface area contributed by atoms with Gasteiger partial charge >= 0.3 is 0 Å². The molecule has 31 heavy (non-hydrogen) atoms. The van der Waals surface area contributed by atoms with E-state index in [9.17, 15) is 0 Å². The van der Waals surface area contributed by atoms with Crippen LogP contribution in [0.5, 0.6) is 5.75 Å². The van der Waals surface area contributed by atoms with Crippen LogP contribution in [0.4, 0.5) is 0 Å². The van der Waals surface area contributed by atoms with Crippen molar-refractivity contribution in [3.8, 4) is 5.75 Å². The van der Waals surface area contributed by atoms with Gasteiger partial charge in [0.2, 0.25) is 0 Å². The van der Waals surface area contributed by atoms with Gasteiger partial charge in [-0.15, -0.1) is 0 Å². The van der Waals surface area contributed by atoms with Crippen molar-refractivity contribution >= 4 is 11.8 Å². The molecule has 1 aromatic carbocycles. The highest BCUT2D eigenvalue weighted by molar-refractivity contribution is 7.99. The quantitative estimate of drug-likeness (QED) is 0.439. The number of thioether (sulfide) groups is 1. The zero-order valence-corrected chi connectivity index (χ0v) is 20.1. The number of rotatable bonds is 8. The number of aromatic nitrogens is 2. The summed E-state index contributed by atoms with van der Waals surface area (Å²) in [5.74, 6) is 2.55. The third kappa shape index (κ3) is 5.79. The van der Waals surface area contributed by atoms with Gasteiger partial charge in [0.1, 0.15) is 5.75 Å². The van der Waals surface area contributed by atoms with E-state index in [-0.39, 0.29) is 0 Å². The fourth-order valence-electron chi connectivity index (χ4n) is 4.85. The van der Waals surface area contributed by atoms with Crippen molar-refractivity contribution in [1.82, 2.24) is 19.8 Å². The first kappa shape index (κ1) is 22.6. The van der Waals surface area contributed by atoms with Crippen molar-refractivity contribution in [3.63, 3.8) is 0 Å². The van der Waals surface area contributed by atoms with Crippen molar-refractivity contribution in [3.05, 3.63) is 46.8 Å². The second-order valence-electron chi connectivity index (χ2n) is 8.91. The lowest BCUT2D eigenvalue weighted by molar-refractivity contribution is 0.197. The number of nitrogens with zero attached hydrogens (tertiary/aromatic N) is 4. The molecule has 2 saturated heterocycles. The Morgan fingerprint density at radius 1 is 1.03 bits per heavy atom. The van der Waals surface area contributed by atoms with Crippen molar-refractivity contribution in [2.45, 2.75) is 57.1 Å². The topological polar surface area (TPSA) is 41.5 Å². The molecule has 6 heteroatoms. The molecule has 1 atom stereocenters. The van der Waals surface area contributed by atoms with Gasteiger partial charge in [-0.3, -0.25) is 4.90 Å². The number of ether oxygens (including phenoxy) is 1. The molecule has 5 nitrogen and oxygen atoms in total. The number of hydrogen-bond donors (Lipinski definition) is 0. The summed E-state index contributed by atoms with van der Waals surface area (Å²) in [6, 6.07) is 6.46. The van der Waals surface area contributed by atoms with E-state index in [1.54, 1.807) is 18.9 Å². The number of piperidine rings is 1. The van der Waals surface area contributed by atoms with E-state index in [2.05, 4.69) is 46.8 Å². The van der Waals surface area contributed by atoms with Crippen molar-refractivity contribution in [2.75, 3.05) is 45.6 Å². The van der Waals surface area contributed by atoms with Gasteiger partial charge in [0.15, 0.2) is 5.16 Å². The average Bonchev–Trinajstić information content (AvgIpc) is 3.31. The largest absolute Gasteiger partial charge is 0.496 e. The SMILES string of the molecule is COc1ccc(CN2CCCC(c3ccnc(SCCN4CCCC4)n3)C2)c(C)c1C. The Balaban J connectivity index is 1.35. The van der Waals surface area contributed by atoms with Gasteiger partial charge < -0.3 is 9.64 Å². The monoisotopic (exact) mass is 440 g/mol. The Kier molecular flexibility index (Phi) is 7.86. The molecule has 0 spiro atoms. The van der Waals surface area contributed by atoms with E-state index in [1.807, 2.05) is 6.20 Å². The molecule has 2 fully saturated rings. The molecule has 3 heterocycles. The summed E-state index contributed by atoms with van der Waals surface area (Å²) in [6.45, 7) is 11.2. The first-order chi connectivity index (χ1) is 15.1. The van der Waals surface area contributed by atoms with Crippen LogP contribution in [-0.4, -0.2) is 65.4 Å². The van der Waals surface area contributed by atoms with Crippen LogP contribution in [0, 0.1) is 13.8 Å². The van der Waals surface area contributed by atoms with Gasteiger partial charge in [0.05, 0.1) is 7.11 Å². The minimum Gasteiger partial charge on any atom is -0.496 e. The van der Waals surface area contributed by atoms with Crippen molar-refractivity contribution < 1.29 is 4.74 Å².